The summed E-state index contributed by atoms with van der Waals surface area (Å²) in [6, 6.07) is 3.99. The lowest BCUT2D eigenvalue weighted by Gasteiger charge is -2.41. The molecule has 1 aliphatic carbocycles. The summed E-state index contributed by atoms with van der Waals surface area (Å²) in [5.74, 6) is 1.64. The first kappa shape index (κ1) is 11.8. The Morgan fingerprint density at radius 2 is 2.06 bits per heavy atom. The summed E-state index contributed by atoms with van der Waals surface area (Å²) in [4.78, 5) is 0. The van der Waals surface area contributed by atoms with E-state index in [2.05, 4.69) is 0 Å². The van der Waals surface area contributed by atoms with E-state index in [1.807, 2.05) is 12.1 Å². The van der Waals surface area contributed by atoms with E-state index in [1.54, 1.807) is 7.11 Å². The van der Waals surface area contributed by atoms with Gasteiger partial charge in [0, 0.05) is 18.2 Å². The number of methoxy groups -OCH3 is 1. The van der Waals surface area contributed by atoms with Gasteiger partial charge in [0.05, 0.1) is 6.61 Å². The average Bonchev–Trinajstić information content (AvgIpc) is 2.36. The second kappa shape index (κ2) is 4.44. The molecule has 0 unspecified atom stereocenters. The molecule has 0 atom stereocenters. The topological polar surface area (TPSA) is 53.7 Å². The molecule has 3 rings (SSSR count). The van der Waals surface area contributed by atoms with Gasteiger partial charge in [-0.25, -0.2) is 0 Å². The Balaban J connectivity index is 2.10. The first-order valence-electron chi connectivity index (χ1n) is 6.44. The summed E-state index contributed by atoms with van der Waals surface area (Å²) in [7, 11) is 1.70. The Morgan fingerprint density at radius 3 is 2.72 bits per heavy atom. The van der Waals surface area contributed by atoms with E-state index in [0.29, 0.717) is 19.8 Å². The van der Waals surface area contributed by atoms with Gasteiger partial charge in [-0.1, -0.05) is 6.07 Å². The molecule has 4 heteroatoms. The standard InChI is InChI=1S/C14H19NO3/c1-16-9-10-3-4-11-13(18-8-7-17-11)12(10)14(15)5-2-6-14/h3-4H,2,5-9,15H2,1H3. The predicted octanol–water partition coefficient (Wildman–Crippen LogP) is 1.94. The van der Waals surface area contributed by atoms with Crippen molar-refractivity contribution in [1.82, 2.24) is 0 Å². The van der Waals surface area contributed by atoms with Gasteiger partial charge in [-0.15, -0.1) is 0 Å². The van der Waals surface area contributed by atoms with E-state index in [1.165, 1.54) is 6.42 Å². The maximum atomic E-state index is 6.49. The molecular weight excluding hydrogens is 230 g/mol. The highest BCUT2D eigenvalue weighted by atomic mass is 16.6. The van der Waals surface area contributed by atoms with Crippen LogP contribution in [0.15, 0.2) is 12.1 Å². The van der Waals surface area contributed by atoms with Crippen LogP contribution < -0.4 is 15.2 Å². The maximum absolute atomic E-state index is 6.49. The highest BCUT2D eigenvalue weighted by Crippen LogP contribution is 2.48. The first-order valence-corrected chi connectivity index (χ1v) is 6.44. The molecule has 1 aromatic rings. The minimum absolute atomic E-state index is 0.264. The molecular formula is C14H19NO3. The van der Waals surface area contributed by atoms with Gasteiger partial charge in [0.15, 0.2) is 11.5 Å². The van der Waals surface area contributed by atoms with Crippen LogP contribution in [0.2, 0.25) is 0 Å². The predicted molar refractivity (Wildman–Crippen MR) is 67.9 cm³/mol. The molecule has 2 aliphatic rings. The lowest BCUT2D eigenvalue weighted by Crippen LogP contribution is -2.44. The SMILES string of the molecule is COCc1ccc2c(c1C1(N)CCC1)OCCO2. The maximum Gasteiger partial charge on any atom is 0.166 e. The normalized spacial score (nSPS) is 20.3. The largest absolute Gasteiger partial charge is 0.486 e. The monoisotopic (exact) mass is 249 g/mol. The molecule has 0 spiro atoms. The van der Waals surface area contributed by atoms with Crippen LogP contribution in [0.4, 0.5) is 0 Å². The Hall–Kier alpha value is -1.26. The molecule has 0 amide bonds. The van der Waals surface area contributed by atoms with Crippen molar-refractivity contribution in [2.24, 2.45) is 5.73 Å². The fraction of sp³-hybridized carbons (Fsp3) is 0.571. The average molecular weight is 249 g/mol. The van der Waals surface area contributed by atoms with E-state index in [4.69, 9.17) is 19.9 Å². The second-order valence-corrected chi connectivity index (χ2v) is 5.07. The van der Waals surface area contributed by atoms with Crippen LogP contribution in [0, 0.1) is 0 Å². The zero-order valence-electron chi connectivity index (χ0n) is 10.7. The van der Waals surface area contributed by atoms with Gasteiger partial charge in [-0.3, -0.25) is 0 Å². The number of ether oxygens (including phenoxy) is 3. The summed E-state index contributed by atoms with van der Waals surface area (Å²) in [6.45, 7) is 1.76. The molecule has 4 nitrogen and oxygen atoms in total. The molecule has 0 saturated heterocycles. The van der Waals surface area contributed by atoms with Crippen molar-refractivity contribution in [3.05, 3.63) is 23.3 Å². The Morgan fingerprint density at radius 1 is 1.28 bits per heavy atom. The van der Waals surface area contributed by atoms with Crippen molar-refractivity contribution < 1.29 is 14.2 Å². The van der Waals surface area contributed by atoms with E-state index in [0.717, 1.165) is 35.5 Å². The van der Waals surface area contributed by atoms with E-state index in [-0.39, 0.29) is 5.54 Å². The number of hydrogen-bond donors (Lipinski definition) is 1. The fourth-order valence-corrected chi connectivity index (χ4v) is 2.79. The van der Waals surface area contributed by atoms with Crippen molar-refractivity contribution in [3.63, 3.8) is 0 Å². The first-order chi connectivity index (χ1) is 8.74. The van der Waals surface area contributed by atoms with Gasteiger partial charge in [0.2, 0.25) is 0 Å². The number of benzene rings is 1. The minimum atomic E-state index is -0.264. The van der Waals surface area contributed by atoms with Crippen LogP contribution in [0.3, 0.4) is 0 Å². The molecule has 0 radical (unpaired) electrons. The third-order valence-electron chi connectivity index (χ3n) is 3.84. The lowest BCUT2D eigenvalue weighted by atomic mass is 9.71. The smallest absolute Gasteiger partial charge is 0.166 e. The summed E-state index contributed by atoms with van der Waals surface area (Å²) in [5.41, 5.74) is 8.43. The van der Waals surface area contributed by atoms with Crippen LogP contribution in [-0.2, 0) is 16.9 Å². The fourth-order valence-electron chi connectivity index (χ4n) is 2.79. The van der Waals surface area contributed by atoms with Crippen molar-refractivity contribution in [1.29, 1.82) is 0 Å². The molecule has 0 bridgehead atoms. The second-order valence-electron chi connectivity index (χ2n) is 5.07. The van der Waals surface area contributed by atoms with Gasteiger partial charge in [0.1, 0.15) is 13.2 Å². The number of nitrogens with two attached hydrogens (primary N) is 1. The third-order valence-corrected chi connectivity index (χ3v) is 3.84. The molecule has 1 aromatic carbocycles. The zero-order valence-corrected chi connectivity index (χ0v) is 10.7. The molecule has 98 valence electrons. The van der Waals surface area contributed by atoms with Crippen molar-refractivity contribution in [2.75, 3.05) is 20.3 Å². The summed E-state index contributed by atoms with van der Waals surface area (Å²) >= 11 is 0. The molecule has 1 aliphatic heterocycles. The van der Waals surface area contributed by atoms with Gasteiger partial charge >= 0.3 is 0 Å². The molecule has 1 fully saturated rings. The van der Waals surface area contributed by atoms with Crippen LogP contribution in [-0.4, -0.2) is 20.3 Å². The van der Waals surface area contributed by atoms with Gasteiger partial charge in [-0.05, 0) is 30.9 Å². The Bertz CT molecular complexity index is 455. The molecule has 1 heterocycles. The highest BCUT2D eigenvalue weighted by molar-refractivity contribution is 5.55. The van der Waals surface area contributed by atoms with Crippen LogP contribution in [0.1, 0.15) is 30.4 Å². The lowest BCUT2D eigenvalue weighted by molar-refractivity contribution is 0.152. The van der Waals surface area contributed by atoms with Crippen molar-refractivity contribution in [2.45, 2.75) is 31.4 Å². The molecule has 1 saturated carbocycles. The van der Waals surface area contributed by atoms with Crippen molar-refractivity contribution >= 4 is 0 Å². The molecule has 2 N–H and O–H groups in total. The summed E-state index contributed by atoms with van der Waals surface area (Å²) < 4.78 is 16.7. The summed E-state index contributed by atoms with van der Waals surface area (Å²) in [5, 5.41) is 0. The van der Waals surface area contributed by atoms with Crippen LogP contribution in [0.25, 0.3) is 0 Å². The van der Waals surface area contributed by atoms with E-state index < -0.39 is 0 Å². The Kier molecular flexibility index (Phi) is 2.92. The van der Waals surface area contributed by atoms with Crippen LogP contribution in [0.5, 0.6) is 11.5 Å². The Labute approximate surface area is 107 Å². The molecule has 0 aromatic heterocycles. The van der Waals surface area contributed by atoms with Crippen molar-refractivity contribution in [3.8, 4) is 11.5 Å². The number of rotatable bonds is 3. The van der Waals surface area contributed by atoms with Gasteiger partial charge in [-0.2, -0.15) is 0 Å². The minimum Gasteiger partial charge on any atom is -0.486 e. The number of fused-ring (bicyclic) bond motifs is 1. The van der Waals surface area contributed by atoms with E-state index in [9.17, 15) is 0 Å². The van der Waals surface area contributed by atoms with Gasteiger partial charge in [0.25, 0.3) is 0 Å². The van der Waals surface area contributed by atoms with Gasteiger partial charge < -0.3 is 19.9 Å². The van der Waals surface area contributed by atoms with E-state index >= 15 is 0 Å². The third kappa shape index (κ3) is 1.76. The highest BCUT2D eigenvalue weighted by Gasteiger charge is 2.40. The zero-order chi connectivity index (χ0) is 12.6. The number of hydrogen-bond acceptors (Lipinski definition) is 4. The summed E-state index contributed by atoms with van der Waals surface area (Å²) in [6.07, 6.45) is 3.18. The van der Waals surface area contributed by atoms with Crippen LogP contribution >= 0.6 is 0 Å². The quantitative estimate of drug-likeness (QED) is 0.889. The molecule has 18 heavy (non-hydrogen) atoms.